The number of methoxy groups -OCH3 is 6. The minimum Gasteiger partial charge on any atom is -0.493 e. The van der Waals surface area contributed by atoms with Crippen LogP contribution >= 0.6 is 0 Å². The molecule has 0 aromatic heterocycles. The molecule has 90 heavy (non-hydrogen) atoms. The average molecular weight is 1310 g/mol. The van der Waals surface area contributed by atoms with Crippen LogP contribution in [0.5, 0.6) is 69.0 Å². The summed E-state index contributed by atoms with van der Waals surface area (Å²) in [5, 5.41) is 0. The van der Waals surface area contributed by atoms with Crippen LogP contribution in [0.3, 0.4) is 0 Å². The number of fused-ring (bicyclic) bond motifs is 6. The van der Waals surface area contributed by atoms with Crippen molar-refractivity contribution in [2.24, 2.45) is 17.2 Å². The van der Waals surface area contributed by atoms with Crippen LogP contribution in [0.2, 0.25) is 0 Å². The lowest BCUT2D eigenvalue weighted by molar-refractivity contribution is 0.216. The molecule has 2 aliphatic carbocycles. The van der Waals surface area contributed by atoms with E-state index in [0.29, 0.717) is 147 Å². The summed E-state index contributed by atoms with van der Waals surface area (Å²) in [5.41, 5.74) is 29.2. The SMILES string of the molecule is COc1cc2c(cc1OCCN)Cc1cc(OC)c(OCCN)cc1Cc1cc(OC)c(OCCN)cc1C2.COc1cc2c(cc1OCCOS(C)(=O)=O)Cc1cc(OC)c(OCCOS(C)(=O)=O)cc1Cc1cc(OC)c(OCCOS(C)(=O)=O)cc1C2. The molecule has 6 aromatic rings. The fraction of sp³-hybridized carbons (Fsp3) is 0.429. The normalized spacial score (nSPS) is 12.7. The first-order chi connectivity index (χ1) is 43.0. The molecule has 0 unspecified atom stereocenters. The van der Waals surface area contributed by atoms with Crippen molar-refractivity contribution in [1.29, 1.82) is 0 Å². The summed E-state index contributed by atoms with van der Waals surface area (Å²) in [4.78, 5) is 0. The molecule has 2 aliphatic rings. The van der Waals surface area contributed by atoms with Gasteiger partial charge < -0.3 is 74.0 Å². The number of rotatable bonds is 30. The number of nitrogens with two attached hydrogens (primary N) is 3. The van der Waals surface area contributed by atoms with Crippen molar-refractivity contribution in [1.82, 2.24) is 0 Å². The lowest BCUT2D eigenvalue weighted by atomic mass is 9.94. The maximum Gasteiger partial charge on any atom is 0.264 e. The minimum atomic E-state index is -3.65. The van der Waals surface area contributed by atoms with E-state index < -0.39 is 30.4 Å². The summed E-state index contributed by atoms with van der Waals surface area (Å²) in [6.07, 6.45) is 6.17. The Kier molecular flexibility index (Phi) is 25.3. The Balaban J connectivity index is 0.000000265. The molecule has 0 fully saturated rings. The molecule has 0 aliphatic heterocycles. The van der Waals surface area contributed by atoms with Crippen LogP contribution in [-0.2, 0) is 81.4 Å². The third-order valence-electron chi connectivity index (χ3n) is 14.2. The molecule has 0 spiro atoms. The molecule has 27 heteroatoms. The van der Waals surface area contributed by atoms with Gasteiger partial charge in [-0.25, -0.2) is 0 Å². The molecule has 6 N–H and O–H groups in total. The highest BCUT2D eigenvalue weighted by Gasteiger charge is 2.26. The van der Waals surface area contributed by atoms with Gasteiger partial charge in [0, 0.05) is 19.6 Å². The van der Waals surface area contributed by atoms with Crippen molar-refractivity contribution in [3.05, 3.63) is 140 Å². The van der Waals surface area contributed by atoms with Crippen molar-refractivity contribution < 1.29 is 94.6 Å². The Morgan fingerprint density at radius 2 is 0.400 bits per heavy atom. The van der Waals surface area contributed by atoms with E-state index in [1.54, 1.807) is 21.3 Å². The van der Waals surface area contributed by atoms with Crippen LogP contribution in [0.1, 0.15) is 66.8 Å². The van der Waals surface area contributed by atoms with Gasteiger partial charge in [-0.2, -0.15) is 25.3 Å². The van der Waals surface area contributed by atoms with E-state index in [2.05, 4.69) is 36.4 Å². The van der Waals surface area contributed by atoms with Gasteiger partial charge in [0.25, 0.3) is 30.4 Å². The maximum absolute atomic E-state index is 11.4. The Hall–Kier alpha value is -7.47. The van der Waals surface area contributed by atoms with Gasteiger partial charge in [0.2, 0.25) is 0 Å². The van der Waals surface area contributed by atoms with E-state index in [1.165, 1.54) is 21.3 Å². The summed E-state index contributed by atoms with van der Waals surface area (Å²) in [6, 6.07) is 23.4. The monoisotopic (exact) mass is 1310 g/mol. The summed E-state index contributed by atoms with van der Waals surface area (Å²) in [7, 11) is -1.51. The van der Waals surface area contributed by atoms with Crippen LogP contribution < -0.4 is 74.0 Å². The Morgan fingerprint density at radius 3 is 0.533 bits per heavy atom. The van der Waals surface area contributed by atoms with Crippen LogP contribution in [0.15, 0.2) is 72.8 Å². The minimum absolute atomic E-state index is 0.0528. The zero-order chi connectivity index (χ0) is 65.2. The number of hydrogen-bond acceptors (Lipinski definition) is 24. The smallest absolute Gasteiger partial charge is 0.264 e. The van der Waals surface area contributed by atoms with Gasteiger partial charge in [-0.3, -0.25) is 12.5 Å². The molecule has 0 saturated carbocycles. The molecule has 0 radical (unpaired) electrons. The second-order valence-corrected chi connectivity index (χ2v) is 25.7. The highest BCUT2D eigenvalue weighted by Crippen LogP contribution is 2.43. The predicted octanol–water partition coefficient (Wildman–Crippen LogP) is 5.67. The molecule has 8 rings (SSSR count). The molecular formula is C63H81N3O21S3. The zero-order valence-electron chi connectivity index (χ0n) is 52.2. The van der Waals surface area contributed by atoms with E-state index in [-0.39, 0.29) is 39.6 Å². The fourth-order valence-electron chi connectivity index (χ4n) is 10.2. The molecule has 24 nitrogen and oxygen atoms in total. The molecule has 0 saturated heterocycles. The summed E-state index contributed by atoms with van der Waals surface area (Å²) in [5.74, 6) is 6.43. The zero-order valence-corrected chi connectivity index (χ0v) is 54.6. The topological polar surface area (TPSA) is 319 Å². The second-order valence-electron chi connectivity index (χ2n) is 20.7. The third-order valence-corrected chi connectivity index (χ3v) is 16.0. The van der Waals surface area contributed by atoms with Crippen LogP contribution in [-0.4, -0.2) is 166 Å². The van der Waals surface area contributed by atoms with E-state index in [1.807, 2.05) is 36.4 Å². The molecule has 6 aromatic carbocycles. The molecule has 0 amide bonds. The number of benzene rings is 6. The van der Waals surface area contributed by atoms with Crippen molar-refractivity contribution in [2.45, 2.75) is 38.5 Å². The van der Waals surface area contributed by atoms with Crippen molar-refractivity contribution >= 4 is 30.4 Å². The first kappa shape index (κ1) is 70.0. The summed E-state index contributed by atoms with van der Waals surface area (Å²) in [6.45, 7) is 1.68. The molecule has 492 valence electrons. The van der Waals surface area contributed by atoms with Gasteiger partial charge in [0.1, 0.15) is 59.5 Å². The standard InChI is InChI=1S/C33H42O15S3.C30H39N3O6/c1-40-28-16-22-13-26-20-32(44-8-11-47-50(5,36)37)30(42-3)18-24(26)15-27-21-33(45-9-12-48-51(6,38)39)29(41-2)17-23(27)14-25(22)19-31(28)43-7-10-46-49(4,34)35;1-34-25-13-19-10-23-17-29(38-8-5-32)27(36-3)15-21(23)12-24-18-30(39-9-6-33)26(35-2)14-20(24)11-22(19)16-28(25)37-7-4-31/h16-21H,7-15H2,1-6H3;13-18H,4-12,31-33H2,1-3H3. The number of ether oxygens (including phenoxy) is 12. The third kappa shape index (κ3) is 19.8. The molecular weight excluding hydrogens is 1230 g/mol. The average Bonchev–Trinajstić information content (AvgIpc) is 1.60. The van der Waals surface area contributed by atoms with E-state index in [4.69, 9.17) is 86.6 Å². The Morgan fingerprint density at radius 1 is 0.256 bits per heavy atom. The summed E-state index contributed by atoms with van der Waals surface area (Å²) >= 11 is 0. The predicted molar refractivity (Wildman–Crippen MR) is 337 cm³/mol. The van der Waals surface area contributed by atoms with Gasteiger partial charge in [0.05, 0.1) is 61.4 Å². The first-order valence-corrected chi connectivity index (χ1v) is 34.1. The van der Waals surface area contributed by atoms with Crippen LogP contribution in [0.4, 0.5) is 0 Å². The van der Waals surface area contributed by atoms with Crippen molar-refractivity contribution in [3.8, 4) is 69.0 Å². The van der Waals surface area contributed by atoms with Gasteiger partial charge in [-0.05, 0) is 178 Å². The first-order valence-electron chi connectivity index (χ1n) is 28.6. The molecule has 0 atom stereocenters. The Labute approximate surface area is 527 Å². The highest BCUT2D eigenvalue weighted by atomic mass is 32.2. The lowest BCUT2D eigenvalue weighted by Gasteiger charge is -2.18. The quantitative estimate of drug-likeness (QED) is 0.0360. The number of hydrogen-bond donors (Lipinski definition) is 3. The lowest BCUT2D eigenvalue weighted by Crippen LogP contribution is -2.12. The molecule has 0 bridgehead atoms. The van der Waals surface area contributed by atoms with Gasteiger partial charge >= 0.3 is 0 Å². The fourth-order valence-corrected chi connectivity index (χ4v) is 11.3. The van der Waals surface area contributed by atoms with Crippen LogP contribution in [0.25, 0.3) is 0 Å². The van der Waals surface area contributed by atoms with E-state index in [9.17, 15) is 25.3 Å². The van der Waals surface area contributed by atoms with E-state index in [0.717, 1.165) is 85.5 Å². The second kappa shape index (κ2) is 32.5. The molecule has 0 heterocycles. The van der Waals surface area contributed by atoms with Crippen molar-refractivity contribution in [2.75, 3.05) is 141 Å². The maximum atomic E-state index is 11.4. The van der Waals surface area contributed by atoms with E-state index >= 15 is 0 Å². The van der Waals surface area contributed by atoms with Gasteiger partial charge in [-0.1, -0.05) is 0 Å². The van der Waals surface area contributed by atoms with Gasteiger partial charge in [-0.15, -0.1) is 0 Å². The van der Waals surface area contributed by atoms with Crippen LogP contribution in [0, 0.1) is 0 Å². The van der Waals surface area contributed by atoms with Gasteiger partial charge in [0.15, 0.2) is 69.0 Å². The highest BCUT2D eigenvalue weighted by molar-refractivity contribution is 7.86. The summed E-state index contributed by atoms with van der Waals surface area (Å²) < 4.78 is 153. The van der Waals surface area contributed by atoms with Crippen molar-refractivity contribution in [3.63, 3.8) is 0 Å². The Bertz CT molecular complexity index is 3400. The largest absolute Gasteiger partial charge is 0.493 e.